The molecular weight excluding hydrogens is 264 g/mol. The zero-order valence-electron chi connectivity index (χ0n) is 11.3. The lowest BCUT2D eigenvalue weighted by atomic mass is 10.1. The molecule has 1 aromatic rings. The number of nitro groups is 1. The third kappa shape index (κ3) is 3.31. The van der Waals surface area contributed by atoms with Gasteiger partial charge >= 0.3 is 5.69 Å². The normalized spacial score (nSPS) is 18.0. The monoisotopic (exact) mass is 282 g/mol. The lowest BCUT2D eigenvalue weighted by Crippen LogP contribution is -2.16. The first-order chi connectivity index (χ1) is 9.61. The van der Waals surface area contributed by atoms with Crippen molar-refractivity contribution in [1.82, 2.24) is 9.97 Å². The topological polar surface area (TPSA) is 128 Å². The fourth-order valence-corrected chi connectivity index (χ4v) is 2.18. The van der Waals surface area contributed by atoms with Crippen LogP contribution in [0.3, 0.4) is 0 Å². The fraction of sp³-hybridized carbons (Fsp3) is 0.636. The number of ether oxygens (including phenoxy) is 1. The number of rotatable bonds is 6. The molecule has 0 radical (unpaired) electrons. The summed E-state index contributed by atoms with van der Waals surface area (Å²) < 4.78 is 5.29. The number of anilines is 2. The van der Waals surface area contributed by atoms with Crippen molar-refractivity contribution >= 4 is 17.5 Å². The van der Waals surface area contributed by atoms with E-state index in [1.54, 1.807) is 6.92 Å². The van der Waals surface area contributed by atoms with Crippen LogP contribution in [0.1, 0.15) is 18.5 Å². The van der Waals surface area contributed by atoms with E-state index in [-0.39, 0.29) is 23.1 Å². The van der Waals surface area contributed by atoms with E-state index >= 15 is 0 Å². The number of hydrogen-bond acceptors (Lipinski definition) is 8. The van der Waals surface area contributed by atoms with Gasteiger partial charge in [-0.25, -0.2) is 10.8 Å². The van der Waals surface area contributed by atoms with Crippen LogP contribution in [0.5, 0.6) is 0 Å². The maximum atomic E-state index is 11.1. The molecule has 20 heavy (non-hydrogen) atoms. The molecule has 0 amide bonds. The van der Waals surface area contributed by atoms with Crippen LogP contribution in [0.4, 0.5) is 17.5 Å². The first-order valence-electron chi connectivity index (χ1n) is 6.43. The van der Waals surface area contributed by atoms with Crippen LogP contribution in [-0.4, -0.2) is 34.6 Å². The number of aromatic nitrogens is 2. The minimum absolute atomic E-state index is 0.119. The summed E-state index contributed by atoms with van der Waals surface area (Å²) in [5, 5.41) is 14.1. The summed E-state index contributed by atoms with van der Waals surface area (Å²) in [5.41, 5.74) is 2.45. The van der Waals surface area contributed by atoms with Gasteiger partial charge in [-0.1, -0.05) is 0 Å². The minimum atomic E-state index is -0.489. The molecule has 0 spiro atoms. The third-order valence-corrected chi connectivity index (χ3v) is 3.24. The van der Waals surface area contributed by atoms with E-state index in [4.69, 9.17) is 10.6 Å². The van der Waals surface area contributed by atoms with Crippen LogP contribution in [0.15, 0.2) is 0 Å². The Labute approximate surface area is 116 Å². The highest BCUT2D eigenvalue weighted by molar-refractivity contribution is 5.60. The number of hydrazine groups is 1. The molecule has 0 aliphatic carbocycles. The van der Waals surface area contributed by atoms with Crippen molar-refractivity contribution in [3.05, 3.63) is 15.8 Å². The Morgan fingerprint density at radius 1 is 1.55 bits per heavy atom. The summed E-state index contributed by atoms with van der Waals surface area (Å²) in [6.07, 6.45) is 1.91. The third-order valence-electron chi connectivity index (χ3n) is 3.24. The first-order valence-corrected chi connectivity index (χ1v) is 6.43. The lowest BCUT2D eigenvalue weighted by molar-refractivity contribution is -0.385. The van der Waals surface area contributed by atoms with Crippen LogP contribution in [0.2, 0.25) is 0 Å². The van der Waals surface area contributed by atoms with Gasteiger partial charge < -0.3 is 10.1 Å². The second-order valence-electron chi connectivity index (χ2n) is 4.68. The maximum absolute atomic E-state index is 11.1. The molecule has 1 aliphatic heterocycles. The van der Waals surface area contributed by atoms with Crippen molar-refractivity contribution in [1.29, 1.82) is 0 Å². The Bertz CT molecular complexity index is 489. The van der Waals surface area contributed by atoms with Crippen molar-refractivity contribution in [3.63, 3.8) is 0 Å². The van der Waals surface area contributed by atoms with Crippen LogP contribution in [-0.2, 0) is 4.74 Å². The van der Waals surface area contributed by atoms with Gasteiger partial charge in [0.15, 0.2) is 0 Å². The van der Waals surface area contributed by atoms with E-state index in [1.807, 2.05) is 0 Å². The average molecular weight is 282 g/mol. The predicted octanol–water partition coefficient (Wildman–Crippen LogP) is 0.817. The van der Waals surface area contributed by atoms with Crippen LogP contribution in [0.25, 0.3) is 0 Å². The molecular formula is C11H18N6O3. The molecule has 1 fully saturated rings. The van der Waals surface area contributed by atoms with Gasteiger partial charge in [0, 0.05) is 19.8 Å². The molecule has 110 valence electrons. The van der Waals surface area contributed by atoms with Crippen molar-refractivity contribution in [2.45, 2.75) is 19.8 Å². The number of hydrogen-bond donors (Lipinski definition) is 3. The van der Waals surface area contributed by atoms with Gasteiger partial charge in [-0.2, -0.15) is 4.98 Å². The highest BCUT2D eigenvalue weighted by Crippen LogP contribution is 2.26. The van der Waals surface area contributed by atoms with Gasteiger partial charge in [0.25, 0.3) is 0 Å². The number of nitrogen functional groups attached to an aromatic ring is 1. The molecule has 0 saturated carbocycles. The van der Waals surface area contributed by atoms with Crippen molar-refractivity contribution in [2.24, 2.45) is 11.8 Å². The van der Waals surface area contributed by atoms with Crippen LogP contribution >= 0.6 is 0 Å². The minimum Gasteiger partial charge on any atom is -0.381 e. The summed E-state index contributed by atoms with van der Waals surface area (Å²) in [4.78, 5) is 18.5. The zero-order chi connectivity index (χ0) is 14.5. The smallest absolute Gasteiger partial charge is 0.332 e. The largest absolute Gasteiger partial charge is 0.381 e. The van der Waals surface area contributed by atoms with Gasteiger partial charge in [0.1, 0.15) is 5.69 Å². The Kier molecular flexibility index (Phi) is 4.64. The second-order valence-corrected chi connectivity index (χ2v) is 4.68. The van der Waals surface area contributed by atoms with Crippen LogP contribution < -0.4 is 16.6 Å². The van der Waals surface area contributed by atoms with Gasteiger partial charge in [0.2, 0.25) is 11.8 Å². The Morgan fingerprint density at radius 3 is 2.95 bits per heavy atom. The van der Waals surface area contributed by atoms with Gasteiger partial charge in [0.05, 0.1) is 4.92 Å². The first kappa shape index (κ1) is 14.4. The standard InChI is InChI=1S/C11H18N6O3/c1-7-9(17(18)19)10(15-11(14-7)16-12)13-4-2-8-3-5-20-6-8/h8H,2-6,12H2,1H3,(H2,13,14,15,16). The highest BCUT2D eigenvalue weighted by atomic mass is 16.6. The summed E-state index contributed by atoms with van der Waals surface area (Å²) in [6.45, 7) is 3.69. The molecule has 1 unspecified atom stereocenters. The molecule has 2 heterocycles. The number of nitrogens with zero attached hydrogens (tertiary/aromatic N) is 3. The Morgan fingerprint density at radius 2 is 2.35 bits per heavy atom. The molecule has 1 atom stereocenters. The zero-order valence-corrected chi connectivity index (χ0v) is 11.3. The van der Waals surface area contributed by atoms with E-state index in [9.17, 15) is 10.1 Å². The predicted molar refractivity (Wildman–Crippen MR) is 73.3 cm³/mol. The fourth-order valence-electron chi connectivity index (χ4n) is 2.18. The summed E-state index contributed by atoms with van der Waals surface area (Å²) in [7, 11) is 0. The molecule has 9 heteroatoms. The molecule has 2 rings (SSSR count). The van der Waals surface area contributed by atoms with E-state index in [0.717, 1.165) is 26.1 Å². The quantitative estimate of drug-likeness (QED) is 0.397. The summed E-state index contributed by atoms with van der Waals surface area (Å²) >= 11 is 0. The highest BCUT2D eigenvalue weighted by Gasteiger charge is 2.22. The molecule has 9 nitrogen and oxygen atoms in total. The SMILES string of the molecule is Cc1nc(NN)nc(NCCC2CCOC2)c1[N+](=O)[O-]. The second kappa shape index (κ2) is 6.44. The van der Waals surface area contributed by atoms with E-state index in [2.05, 4.69) is 20.7 Å². The number of nitrogens with two attached hydrogens (primary N) is 1. The molecule has 0 bridgehead atoms. The number of aryl methyl sites for hydroxylation is 1. The van der Waals surface area contributed by atoms with E-state index < -0.39 is 4.92 Å². The number of nitrogens with one attached hydrogen (secondary N) is 2. The molecule has 1 aromatic heterocycles. The Balaban J connectivity index is 2.07. The molecule has 4 N–H and O–H groups in total. The van der Waals surface area contributed by atoms with Crippen LogP contribution in [0, 0.1) is 23.0 Å². The van der Waals surface area contributed by atoms with E-state index in [1.165, 1.54) is 0 Å². The maximum Gasteiger partial charge on any atom is 0.332 e. The molecule has 1 saturated heterocycles. The Hall–Kier alpha value is -2.00. The molecule has 1 aliphatic rings. The van der Waals surface area contributed by atoms with E-state index in [0.29, 0.717) is 12.5 Å². The van der Waals surface area contributed by atoms with Gasteiger partial charge in [-0.15, -0.1) is 0 Å². The van der Waals surface area contributed by atoms with Gasteiger partial charge in [-0.05, 0) is 25.7 Å². The average Bonchev–Trinajstić information content (AvgIpc) is 2.90. The van der Waals surface area contributed by atoms with Crippen molar-refractivity contribution in [3.8, 4) is 0 Å². The summed E-state index contributed by atoms with van der Waals surface area (Å²) in [5.74, 6) is 6.09. The van der Waals surface area contributed by atoms with Gasteiger partial charge in [-0.3, -0.25) is 15.5 Å². The summed E-state index contributed by atoms with van der Waals surface area (Å²) in [6, 6.07) is 0. The van der Waals surface area contributed by atoms with Crippen molar-refractivity contribution < 1.29 is 9.66 Å². The van der Waals surface area contributed by atoms with Crippen molar-refractivity contribution in [2.75, 3.05) is 30.5 Å². The molecule has 0 aromatic carbocycles. The lowest BCUT2D eigenvalue weighted by Gasteiger charge is -2.11.